The molecule has 39 heavy (non-hydrogen) atoms. The van der Waals surface area contributed by atoms with E-state index in [2.05, 4.69) is 0 Å². The average Bonchev–Trinajstić information content (AvgIpc) is 2.97. The Morgan fingerprint density at radius 1 is 0.744 bits per heavy atom. The van der Waals surface area contributed by atoms with Crippen molar-refractivity contribution < 1.29 is 32.3 Å². The standard InChI is InChI=1S/C31H30O7S/c1-23-17-19-27(20-18-23)39(35,36)38-29(21-32)30(34)28(33)22-37-31(24-11-5-2-6-12-24,25-13-7-3-8-14-25)26-15-9-4-10-16-26/h2-21,28-30,33-34H,22H2,1H3/t28-,29-,30-/m0/s1. The van der Waals surface area contributed by atoms with E-state index < -0.39 is 40.6 Å². The van der Waals surface area contributed by atoms with E-state index in [-0.39, 0.29) is 11.2 Å². The number of carbonyl (C=O) groups excluding carboxylic acids is 1. The van der Waals surface area contributed by atoms with Gasteiger partial charge in [-0.15, -0.1) is 0 Å². The molecule has 4 aromatic carbocycles. The van der Waals surface area contributed by atoms with Gasteiger partial charge >= 0.3 is 0 Å². The molecule has 2 N–H and O–H groups in total. The second kappa shape index (κ2) is 12.5. The molecule has 0 amide bonds. The molecule has 0 bridgehead atoms. The van der Waals surface area contributed by atoms with Gasteiger partial charge in [-0.3, -0.25) is 4.18 Å². The number of hydrogen-bond donors (Lipinski definition) is 2. The van der Waals surface area contributed by atoms with E-state index in [4.69, 9.17) is 8.92 Å². The normalized spacial score (nSPS) is 14.3. The third kappa shape index (κ3) is 6.33. The molecular formula is C31H30O7S. The molecule has 3 atom stereocenters. The third-order valence-electron chi connectivity index (χ3n) is 6.42. The zero-order chi connectivity index (χ0) is 27.9. The lowest BCUT2D eigenvalue weighted by Gasteiger charge is -2.37. The number of benzene rings is 4. The minimum atomic E-state index is -4.38. The van der Waals surface area contributed by atoms with E-state index in [1.54, 1.807) is 19.1 Å². The number of carbonyl (C=O) groups is 1. The smallest absolute Gasteiger partial charge is 0.297 e. The van der Waals surface area contributed by atoms with Crippen molar-refractivity contribution >= 4 is 16.4 Å². The van der Waals surface area contributed by atoms with Gasteiger partial charge in [0.2, 0.25) is 0 Å². The summed E-state index contributed by atoms with van der Waals surface area (Å²) in [5, 5.41) is 21.7. The van der Waals surface area contributed by atoms with Crippen LogP contribution in [-0.2, 0) is 29.4 Å². The summed E-state index contributed by atoms with van der Waals surface area (Å²) in [4.78, 5) is 11.6. The van der Waals surface area contributed by atoms with Gasteiger partial charge in [0, 0.05) is 0 Å². The molecule has 4 rings (SSSR count). The fraction of sp³-hybridized carbons (Fsp3) is 0.194. The number of ether oxygens (including phenoxy) is 1. The average molecular weight is 547 g/mol. The number of hydrogen-bond acceptors (Lipinski definition) is 7. The molecule has 0 spiro atoms. The van der Waals surface area contributed by atoms with Crippen LogP contribution in [0.3, 0.4) is 0 Å². The molecule has 0 aliphatic rings. The van der Waals surface area contributed by atoms with Gasteiger partial charge in [-0.25, -0.2) is 0 Å². The Bertz CT molecular complexity index is 1340. The summed E-state index contributed by atoms with van der Waals surface area (Å²) in [6, 6.07) is 34.1. The second-order valence-electron chi connectivity index (χ2n) is 9.11. The topological polar surface area (TPSA) is 110 Å². The molecule has 0 aliphatic carbocycles. The summed E-state index contributed by atoms with van der Waals surface area (Å²) >= 11 is 0. The van der Waals surface area contributed by atoms with Crippen molar-refractivity contribution in [3.8, 4) is 0 Å². The molecular weight excluding hydrogens is 516 g/mol. The number of aldehydes is 1. The molecule has 4 aromatic rings. The summed E-state index contributed by atoms with van der Waals surface area (Å²) < 4.78 is 36.9. The van der Waals surface area contributed by atoms with Crippen LogP contribution in [-0.4, -0.2) is 49.8 Å². The summed E-state index contributed by atoms with van der Waals surface area (Å²) in [5.41, 5.74) is 1.97. The maximum Gasteiger partial charge on any atom is 0.297 e. The maximum absolute atomic E-state index is 12.7. The van der Waals surface area contributed by atoms with E-state index in [0.29, 0.717) is 0 Å². The highest BCUT2D eigenvalue weighted by molar-refractivity contribution is 7.86. The number of aryl methyl sites for hydroxylation is 1. The molecule has 202 valence electrons. The summed E-state index contributed by atoms with van der Waals surface area (Å²) in [6.45, 7) is 1.35. The Balaban J connectivity index is 1.63. The fourth-order valence-electron chi connectivity index (χ4n) is 4.36. The fourth-order valence-corrected chi connectivity index (χ4v) is 5.40. The van der Waals surface area contributed by atoms with Crippen molar-refractivity contribution in [2.75, 3.05) is 6.61 Å². The SMILES string of the molecule is Cc1ccc(S(=O)(=O)O[C@@H](C=O)[C@@H](O)[C@@H](O)COC(c2ccccc2)(c2ccccc2)c2ccccc2)cc1. The first-order chi connectivity index (χ1) is 18.8. The lowest BCUT2D eigenvalue weighted by atomic mass is 9.80. The van der Waals surface area contributed by atoms with Gasteiger partial charge in [0.1, 0.15) is 17.8 Å². The Labute approximate surface area is 228 Å². The van der Waals surface area contributed by atoms with Gasteiger partial charge in [-0.2, -0.15) is 8.42 Å². The minimum absolute atomic E-state index is 0.151. The van der Waals surface area contributed by atoms with E-state index >= 15 is 0 Å². The Kier molecular flexibility index (Phi) is 9.06. The second-order valence-corrected chi connectivity index (χ2v) is 10.7. The van der Waals surface area contributed by atoms with Crippen LogP contribution in [0.5, 0.6) is 0 Å². The Morgan fingerprint density at radius 3 is 1.59 bits per heavy atom. The van der Waals surface area contributed by atoms with Gasteiger partial charge in [-0.05, 0) is 35.7 Å². The van der Waals surface area contributed by atoms with E-state index in [1.807, 2.05) is 91.0 Å². The molecule has 0 heterocycles. The Hall–Kier alpha value is -3.66. The number of rotatable bonds is 12. The van der Waals surface area contributed by atoms with E-state index in [0.717, 1.165) is 22.3 Å². The van der Waals surface area contributed by atoms with E-state index in [1.165, 1.54) is 12.1 Å². The number of aliphatic hydroxyl groups is 2. The summed E-state index contributed by atoms with van der Waals surface area (Å²) in [7, 11) is -4.38. The predicted octanol–water partition coefficient (Wildman–Crippen LogP) is 4.00. The molecule has 0 radical (unpaired) electrons. The van der Waals surface area contributed by atoms with Crippen LogP contribution in [0, 0.1) is 6.92 Å². The first kappa shape index (κ1) is 28.4. The van der Waals surface area contributed by atoms with Crippen molar-refractivity contribution in [2.45, 2.75) is 35.7 Å². The van der Waals surface area contributed by atoms with Crippen LogP contribution in [0.15, 0.2) is 120 Å². The maximum atomic E-state index is 12.7. The van der Waals surface area contributed by atoms with Crippen molar-refractivity contribution in [1.82, 2.24) is 0 Å². The molecule has 0 aliphatic heterocycles. The van der Waals surface area contributed by atoms with Gasteiger partial charge in [-0.1, -0.05) is 109 Å². The van der Waals surface area contributed by atoms with Crippen molar-refractivity contribution in [2.24, 2.45) is 0 Å². The quantitative estimate of drug-likeness (QED) is 0.157. The molecule has 0 saturated heterocycles. The Morgan fingerprint density at radius 2 is 1.18 bits per heavy atom. The predicted molar refractivity (Wildman–Crippen MR) is 146 cm³/mol. The van der Waals surface area contributed by atoms with Gasteiger partial charge in [0.25, 0.3) is 10.1 Å². The molecule has 0 saturated carbocycles. The lowest BCUT2D eigenvalue weighted by Crippen LogP contribution is -2.45. The van der Waals surface area contributed by atoms with Crippen molar-refractivity contribution in [3.63, 3.8) is 0 Å². The number of aliphatic hydroxyl groups excluding tert-OH is 2. The first-order valence-corrected chi connectivity index (χ1v) is 13.8. The monoisotopic (exact) mass is 546 g/mol. The highest BCUT2D eigenvalue weighted by Crippen LogP contribution is 2.40. The molecule has 0 unspecified atom stereocenters. The highest BCUT2D eigenvalue weighted by atomic mass is 32.2. The van der Waals surface area contributed by atoms with Crippen LogP contribution in [0.25, 0.3) is 0 Å². The van der Waals surface area contributed by atoms with Crippen LogP contribution < -0.4 is 0 Å². The van der Waals surface area contributed by atoms with Gasteiger partial charge in [0.15, 0.2) is 12.4 Å². The van der Waals surface area contributed by atoms with Crippen molar-refractivity contribution in [3.05, 3.63) is 138 Å². The largest absolute Gasteiger partial charge is 0.388 e. The van der Waals surface area contributed by atoms with Crippen LogP contribution in [0.1, 0.15) is 22.3 Å². The lowest BCUT2D eigenvalue weighted by molar-refractivity contribution is -0.130. The van der Waals surface area contributed by atoms with E-state index in [9.17, 15) is 23.4 Å². The molecule has 0 aromatic heterocycles. The summed E-state index contributed by atoms with van der Waals surface area (Å²) in [5.74, 6) is 0. The van der Waals surface area contributed by atoms with Crippen LogP contribution >= 0.6 is 0 Å². The minimum Gasteiger partial charge on any atom is -0.388 e. The summed E-state index contributed by atoms with van der Waals surface area (Å²) in [6.07, 6.45) is -5.25. The molecule has 0 fully saturated rings. The molecule has 8 heteroatoms. The highest BCUT2D eigenvalue weighted by Gasteiger charge is 2.40. The zero-order valence-electron chi connectivity index (χ0n) is 21.3. The third-order valence-corrected chi connectivity index (χ3v) is 7.75. The van der Waals surface area contributed by atoms with Crippen molar-refractivity contribution in [1.29, 1.82) is 0 Å². The van der Waals surface area contributed by atoms with Gasteiger partial charge in [0.05, 0.1) is 11.5 Å². The van der Waals surface area contributed by atoms with Gasteiger partial charge < -0.3 is 19.7 Å². The molecule has 7 nitrogen and oxygen atoms in total. The van der Waals surface area contributed by atoms with Crippen LogP contribution in [0.4, 0.5) is 0 Å². The first-order valence-electron chi connectivity index (χ1n) is 12.4. The zero-order valence-corrected chi connectivity index (χ0v) is 22.1. The van der Waals surface area contributed by atoms with Crippen LogP contribution in [0.2, 0.25) is 0 Å².